The molecule has 10 aromatic rings. The van der Waals surface area contributed by atoms with Crippen LogP contribution in [0.25, 0.3) is 55.0 Å². The minimum Gasteiger partial charge on any atom is -0.493 e. The molecule has 360 valence electrons. The Kier molecular flexibility index (Phi) is 15.0. The number of nitrogens with zero attached hydrogens (tertiary/aromatic N) is 2. The first-order chi connectivity index (χ1) is 34.8. The Bertz CT molecular complexity index is 3170. The van der Waals surface area contributed by atoms with Gasteiger partial charge in [-0.15, -0.1) is 0 Å². The predicted molar refractivity (Wildman–Crippen MR) is 312 cm³/mol. The van der Waals surface area contributed by atoms with Crippen LogP contribution in [-0.2, 0) is 0 Å². The molecule has 0 aliphatic heterocycles. The van der Waals surface area contributed by atoms with E-state index >= 15 is 0 Å². The maximum atomic E-state index is 6.44. The second-order valence-corrected chi connectivity index (χ2v) is 25.0. The highest BCUT2D eigenvalue weighted by molar-refractivity contribution is 9.10. The molecule has 0 bridgehead atoms. The van der Waals surface area contributed by atoms with Gasteiger partial charge in [-0.3, -0.25) is 0 Å². The zero-order valence-corrected chi connectivity index (χ0v) is 45.7. The van der Waals surface area contributed by atoms with E-state index in [1.54, 1.807) is 0 Å². The molecule has 4 nitrogen and oxygen atoms in total. The summed E-state index contributed by atoms with van der Waals surface area (Å²) in [6.07, 6.45) is 9.59. The van der Waals surface area contributed by atoms with Crippen LogP contribution in [0.4, 0.5) is 0 Å². The molecule has 0 spiro atoms. The van der Waals surface area contributed by atoms with Crippen LogP contribution in [0.3, 0.4) is 0 Å². The summed E-state index contributed by atoms with van der Waals surface area (Å²) >= 11 is 7.70. The van der Waals surface area contributed by atoms with Crippen molar-refractivity contribution in [3.05, 3.63) is 191 Å². The molecule has 71 heavy (non-hydrogen) atoms. The van der Waals surface area contributed by atoms with Crippen LogP contribution in [0.2, 0.25) is 0 Å². The smallest absolute Gasteiger partial charge is 0.179 e. The summed E-state index contributed by atoms with van der Waals surface area (Å²) in [7, 11) is -3.08. The lowest BCUT2D eigenvalue weighted by Gasteiger charge is -2.34. The van der Waals surface area contributed by atoms with Gasteiger partial charge in [0.15, 0.2) is 8.07 Å². The Morgan fingerprint density at radius 1 is 0.408 bits per heavy atom. The third kappa shape index (κ3) is 9.66. The van der Waals surface area contributed by atoms with Crippen LogP contribution < -0.4 is 30.2 Å². The van der Waals surface area contributed by atoms with E-state index in [0.29, 0.717) is 11.8 Å². The van der Waals surface area contributed by atoms with E-state index in [2.05, 4.69) is 251 Å². The number of hydrogen-bond acceptors (Lipinski definition) is 2. The van der Waals surface area contributed by atoms with Crippen molar-refractivity contribution in [3.63, 3.8) is 0 Å². The van der Waals surface area contributed by atoms with E-state index < -0.39 is 8.07 Å². The summed E-state index contributed by atoms with van der Waals surface area (Å²) < 4.78 is 19.9. The van der Waals surface area contributed by atoms with Crippen LogP contribution in [0, 0.1) is 11.8 Å². The van der Waals surface area contributed by atoms with Gasteiger partial charge in [-0.25, -0.2) is 0 Å². The first-order valence-corrected chi connectivity index (χ1v) is 29.5. The van der Waals surface area contributed by atoms with Gasteiger partial charge in [-0.2, -0.15) is 0 Å². The standard InChI is InChI=1S/C64H64Br2N2O2Si/c1-5-9-17-45(7-3)43-69-51-29-25-49(26-30-51)67-61-39-47(65)23-35-57(61)59-37-33-55(41-63(59)67)71(53-19-13-11-14-20-53,54-21-15-12-16-22-54)56-34-38-60-58-36-24-48(66)40-62(58)68(64(60)42-56)50-27-31-52(32-28-50)70-44-46(8-4)18-10-6-2/h11-16,19-42,45-46H,5-10,17-18,43-44H2,1-4H3. The fourth-order valence-corrected chi connectivity index (χ4v) is 16.4. The third-order valence-electron chi connectivity index (χ3n) is 15.0. The number of rotatable bonds is 20. The number of hydrogen-bond donors (Lipinski definition) is 0. The van der Waals surface area contributed by atoms with Crippen molar-refractivity contribution in [1.29, 1.82) is 0 Å². The minimum absolute atomic E-state index is 0.567. The van der Waals surface area contributed by atoms with E-state index in [-0.39, 0.29) is 0 Å². The van der Waals surface area contributed by atoms with Gasteiger partial charge in [-0.05, 0) is 130 Å². The monoisotopic (exact) mass is 1080 g/mol. The highest BCUT2D eigenvalue weighted by Gasteiger charge is 2.42. The van der Waals surface area contributed by atoms with Crippen molar-refractivity contribution in [2.45, 2.75) is 79.1 Å². The second-order valence-electron chi connectivity index (χ2n) is 19.4. The van der Waals surface area contributed by atoms with E-state index in [9.17, 15) is 0 Å². The van der Waals surface area contributed by atoms with Crippen molar-refractivity contribution in [2.75, 3.05) is 13.2 Å². The maximum absolute atomic E-state index is 6.44. The van der Waals surface area contributed by atoms with Crippen LogP contribution in [0.15, 0.2) is 191 Å². The lowest BCUT2D eigenvalue weighted by atomic mass is 10.0. The quantitative estimate of drug-likeness (QED) is 0.0562. The molecular weight excluding hydrogens is 1020 g/mol. The number of benzene rings is 8. The van der Waals surface area contributed by atoms with Gasteiger partial charge in [0.25, 0.3) is 0 Å². The fraction of sp³-hybridized carbons (Fsp3) is 0.250. The van der Waals surface area contributed by atoms with E-state index in [4.69, 9.17) is 9.47 Å². The van der Waals surface area contributed by atoms with Crippen LogP contribution >= 0.6 is 31.9 Å². The fourth-order valence-electron chi connectivity index (χ4n) is 11.0. The summed E-state index contributed by atoms with van der Waals surface area (Å²) in [5.74, 6) is 2.97. The summed E-state index contributed by atoms with van der Waals surface area (Å²) in [5.41, 5.74) is 6.88. The van der Waals surface area contributed by atoms with Gasteiger partial charge in [0, 0.05) is 41.9 Å². The van der Waals surface area contributed by atoms with Gasteiger partial charge >= 0.3 is 0 Å². The summed E-state index contributed by atoms with van der Waals surface area (Å²) in [6.45, 7) is 10.6. The van der Waals surface area contributed by atoms with E-state index in [0.717, 1.165) is 68.9 Å². The Balaban J connectivity index is 1.16. The molecule has 0 aliphatic carbocycles. The molecule has 0 fully saturated rings. The van der Waals surface area contributed by atoms with Gasteiger partial charge < -0.3 is 18.6 Å². The molecule has 2 atom stereocenters. The second kappa shape index (κ2) is 21.9. The summed E-state index contributed by atoms with van der Waals surface area (Å²) in [6, 6.07) is 68.1. The molecule has 2 heterocycles. The summed E-state index contributed by atoms with van der Waals surface area (Å²) in [4.78, 5) is 0. The molecule has 0 saturated heterocycles. The Morgan fingerprint density at radius 2 is 0.775 bits per heavy atom. The van der Waals surface area contributed by atoms with Crippen molar-refractivity contribution < 1.29 is 9.47 Å². The predicted octanol–water partition coefficient (Wildman–Crippen LogP) is 16.0. The lowest BCUT2D eigenvalue weighted by Crippen LogP contribution is -2.74. The molecule has 7 heteroatoms. The topological polar surface area (TPSA) is 28.3 Å². The highest BCUT2D eigenvalue weighted by atomic mass is 79.9. The number of aromatic nitrogens is 2. The van der Waals surface area contributed by atoms with Gasteiger partial charge in [-0.1, -0.05) is 195 Å². The zero-order chi connectivity index (χ0) is 48.9. The molecule has 0 amide bonds. The number of ether oxygens (including phenoxy) is 2. The average molecular weight is 1080 g/mol. The molecule has 0 saturated carbocycles. The van der Waals surface area contributed by atoms with E-state index in [1.807, 2.05) is 0 Å². The number of unbranched alkanes of at least 4 members (excludes halogenated alkanes) is 2. The van der Waals surface area contributed by atoms with E-state index in [1.165, 1.54) is 91.9 Å². The van der Waals surface area contributed by atoms with Gasteiger partial charge in [0.2, 0.25) is 0 Å². The Labute approximate surface area is 437 Å². The Hall–Kier alpha value is -5.86. The molecular formula is C64H64Br2N2O2Si. The largest absolute Gasteiger partial charge is 0.493 e. The van der Waals surface area contributed by atoms with Crippen molar-refractivity contribution in [2.24, 2.45) is 11.8 Å². The summed E-state index contributed by atoms with van der Waals surface area (Å²) in [5, 5.41) is 10.2. The minimum atomic E-state index is -3.08. The molecule has 2 unspecified atom stereocenters. The van der Waals surface area contributed by atoms with Gasteiger partial charge in [0.05, 0.1) is 35.3 Å². The van der Waals surface area contributed by atoms with Gasteiger partial charge in [0.1, 0.15) is 11.5 Å². The first kappa shape index (κ1) is 48.7. The van der Waals surface area contributed by atoms with Crippen molar-refractivity contribution >= 4 is 104 Å². The average Bonchev–Trinajstić information content (AvgIpc) is 3.91. The number of fused-ring (bicyclic) bond motifs is 6. The SMILES string of the molecule is CCCCC(CC)COc1ccc(-n2c3cc(Br)ccc3c3ccc([Si](c4ccccc4)(c4ccccc4)c4ccc5c6ccc(Br)cc6n(-c6ccc(OCC(CC)CCCC)cc6)c5c4)cc32)cc1. The van der Waals surface area contributed by atoms with Crippen LogP contribution in [0.1, 0.15) is 79.1 Å². The molecule has 0 N–H and O–H groups in total. The lowest BCUT2D eigenvalue weighted by molar-refractivity contribution is 0.233. The van der Waals surface area contributed by atoms with Crippen LogP contribution in [-0.4, -0.2) is 30.4 Å². The maximum Gasteiger partial charge on any atom is 0.179 e. The molecule has 2 aromatic heterocycles. The van der Waals surface area contributed by atoms with Crippen molar-refractivity contribution in [1.82, 2.24) is 9.13 Å². The van der Waals surface area contributed by atoms with Crippen LogP contribution in [0.5, 0.6) is 11.5 Å². The normalized spacial score (nSPS) is 12.8. The number of halogens is 2. The first-order valence-electron chi connectivity index (χ1n) is 25.9. The molecule has 0 radical (unpaired) electrons. The highest BCUT2D eigenvalue weighted by Crippen LogP contribution is 2.37. The molecule has 10 rings (SSSR count). The molecule has 8 aromatic carbocycles. The zero-order valence-electron chi connectivity index (χ0n) is 41.5. The molecule has 0 aliphatic rings. The Morgan fingerprint density at radius 3 is 1.14 bits per heavy atom. The third-order valence-corrected chi connectivity index (χ3v) is 20.7. The van der Waals surface area contributed by atoms with Crippen molar-refractivity contribution in [3.8, 4) is 22.9 Å².